The Balaban J connectivity index is 3.36. The normalized spacial score (nSPS) is 12.0. The molecular formula is C4H10ClNO. The Kier molecular flexibility index (Phi) is 2.58. The van der Waals surface area contributed by atoms with E-state index in [4.69, 9.17) is 16.9 Å². The summed E-state index contributed by atoms with van der Waals surface area (Å²) >= 11 is 5.18. The number of rotatable bonds is 2. The van der Waals surface area contributed by atoms with E-state index >= 15 is 0 Å². The van der Waals surface area contributed by atoms with Crippen LogP contribution in [-0.2, 0) is 0 Å². The van der Waals surface area contributed by atoms with Crippen molar-refractivity contribution in [1.82, 2.24) is 4.84 Å². The minimum atomic E-state index is -0.346. The van der Waals surface area contributed by atoms with Gasteiger partial charge in [0.15, 0.2) is 0 Å². The second-order valence-corrected chi connectivity index (χ2v) is 2.33. The first-order valence-electron chi connectivity index (χ1n) is 2.11. The largest absolute Gasteiger partial charge is 0.394 e. The molecule has 0 bridgehead atoms. The second-order valence-electron chi connectivity index (χ2n) is 2.14. The van der Waals surface area contributed by atoms with Crippen molar-refractivity contribution < 1.29 is 5.11 Å². The number of hydrogen-bond acceptors (Lipinski definition) is 2. The average molecular weight is 124 g/mol. The zero-order valence-corrected chi connectivity index (χ0v) is 5.29. The van der Waals surface area contributed by atoms with Gasteiger partial charge in [-0.3, -0.25) is 0 Å². The van der Waals surface area contributed by atoms with Gasteiger partial charge in [-0.1, -0.05) is 0 Å². The van der Waals surface area contributed by atoms with Crippen LogP contribution in [0, 0.1) is 0 Å². The van der Waals surface area contributed by atoms with E-state index in [2.05, 4.69) is 4.84 Å². The molecule has 2 N–H and O–H groups in total. The second kappa shape index (κ2) is 2.50. The summed E-state index contributed by atoms with van der Waals surface area (Å²) in [6.07, 6.45) is 0. The minimum absolute atomic E-state index is 0.0521. The van der Waals surface area contributed by atoms with E-state index in [9.17, 15) is 0 Å². The van der Waals surface area contributed by atoms with Gasteiger partial charge >= 0.3 is 0 Å². The summed E-state index contributed by atoms with van der Waals surface area (Å²) in [6, 6.07) is 0. The first-order chi connectivity index (χ1) is 3.12. The zero-order chi connectivity index (χ0) is 5.91. The molecule has 0 aromatic heterocycles. The van der Waals surface area contributed by atoms with Crippen LogP contribution in [0.15, 0.2) is 0 Å². The number of hydrogen-bond donors (Lipinski definition) is 2. The molecule has 2 nitrogen and oxygen atoms in total. The van der Waals surface area contributed by atoms with Crippen LogP contribution in [0.5, 0.6) is 0 Å². The predicted octanol–water partition coefficient (Wildman–Crippen LogP) is 0.501. The van der Waals surface area contributed by atoms with Gasteiger partial charge in [-0.15, -0.1) is 0 Å². The highest BCUT2D eigenvalue weighted by atomic mass is 35.5. The molecule has 7 heavy (non-hydrogen) atoms. The van der Waals surface area contributed by atoms with Crippen molar-refractivity contribution in [2.75, 3.05) is 6.61 Å². The number of nitrogens with one attached hydrogen (secondary N) is 1. The molecule has 0 radical (unpaired) electrons. The molecule has 0 aromatic carbocycles. The Morgan fingerprint density at radius 3 is 2.14 bits per heavy atom. The fourth-order valence-electron chi connectivity index (χ4n) is 0.0299. The van der Waals surface area contributed by atoms with Crippen LogP contribution in [0.1, 0.15) is 13.8 Å². The fraction of sp³-hybridized carbons (Fsp3) is 1.00. The molecule has 0 atom stereocenters. The summed E-state index contributed by atoms with van der Waals surface area (Å²) in [5, 5.41) is 8.45. The van der Waals surface area contributed by atoms with Crippen LogP contribution in [0.3, 0.4) is 0 Å². The van der Waals surface area contributed by atoms with Crippen molar-refractivity contribution in [1.29, 1.82) is 0 Å². The Hall–Kier alpha value is 0.210. The molecule has 0 aliphatic carbocycles. The average Bonchev–Trinajstić information content (AvgIpc) is 1.68. The van der Waals surface area contributed by atoms with Crippen LogP contribution >= 0.6 is 11.8 Å². The van der Waals surface area contributed by atoms with Crippen LogP contribution < -0.4 is 4.84 Å². The summed E-state index contributed by atoms with van der Waals surface area (Å²) in [7, 11) is 0. The van der Waals surface area contributed by atoms with E-state index in [-0.39, 0.29) is 12.1 Å². The quantitative estimate of drug-likeness (QED) is 0.525. The van der Waals surface area contributed by atoms with Crippen LogP contribution in [-0.4, -0.2) is 17.3 Å². The SMILES string of the molecule is CC(C)(CO)NCl. The van der Waals surface area contributed by atoms with E-state index in [0.29, 0.717) is 0 Å². The lowest BCUT2D eigenvalue weighted by Gasteiger charge is -2.17. The van der Waals surface area contributed by atoms with E-state index in [1.165, 1.54) is 0 Å². The van der Waals surface area contributed by atoms with Crippen molar-refractivity contribution in [2.45, 2.75) is 19.4 Å². The lowest BCUT2D eigenvalue weighted by atomic mass is 10.1. The number of halogens is 1. The highest BCUT2D eigenvalue weighted by Gasteiger charge is 2.12. The van der Waals surface area contributed by atoms with Gasteiger partial charge < -0.3 is 5.11 Å². The lowest BCUT2D eigenvalue weighted by molar-refractivity contribution is 0.210. The molecule has 0 spiro atoms. The zero-order valence-electron chi connectivity index (χ0n) is 4.53. The van der Waals surface area contributed by atoms with Gasteiger partial charge in [0.25, 0.3) is 0 Å². The van der Waals surface area contributed by atoms with Gasteiger partial charge in [-0.2, -0.15) is 0 Å². The maximum absolute atomic E-state index is 8.45. The third-order valence-electron chi connectivity index (χ3n) is 0.651. The van der Waals surface area contributed by atoms with Crippen LogP contribution in [0.4, 0.5) is 0 Å². The monoisotopic (exact) mass is 123 g/mol. The summed E-state index contributed by atoms with van der Waals surface area (Å²) in [4.78, 5) is 2.41. The topological polar surface area (TPSA) is 32.3 Å². The molecule has 44 valence electrons. The highest BCUT2D eigenvalue weighted by Crippen LogP contribution is 1.98. The lowest BCUT2D eigenvalue weighted by Crippen LogP contribution is -2.36. The first kappa shape index (κ1) is 7.21. The van der Waals surface area contributed by atoms with Crippen molar-refractivity contribution in [3.63, 3.8) is 0 Å². The Morgan fingerprint density at radius 1 is 1.71 bits per heavy atom. The predicted molar refractivity (Wildman–Crippen MR) is 30.2 cm³/mol. The molecule has 3 heteroatoms. The molecule has 0 heterocycles. The first-order valence-corrected chi connectivity index (χ1v) is 2.49. The molecule has 0 aromatic rings. The molecule has 0 unspecified atom stereocenters. The van der Waals surface area contributed by atoms with E-state index in [1.54, 1.807) is 13.8 Å². The van der Waals surface area contributed by atoms with Gasteiger partial charge in [0.2, 0.25) is 0 Å². The molecule has 0 aliphatic rings. The summed E-state index contributed by atoms with van der Waals surface area (Å²) in [5.41, 5.74) is -0.346. The van der Waals surface area contributed by atoms with Crippen LogP contribution in [0.2, 0.25) is 0 Å². The van der Waals surface area contributed by atoms with Gasteiger partial charge in [-0.25, -0.2) is 4.84 Å². The number of aliphatic hydroxyl groups excluding tert-OH is 1. The molecule has 0 saturated heterocycles. The van der Waals surface area contributed by atoms with Crippen molar-refractivity contribution >= 4 is 11.8 Å². The fourth-order valence-corrected chi connectivity index (χ4v) is 0.0896. The summed E-state index contributed by atoms with van der Waals surface area (Å²) in [6.45, 7) is 3.66. The van der Waals surface area contributed by atoms with E-state index < -0.39 is 0 Å². The van der Waals surface area contributed by atoms with Crippen molar-refractivity contribution in [3.05, 3.63) is 0 Å². The smallest absolute Gasteiger partial charge is 0.0620 e. The maximum Gasteiger partial charge on any atom is 0.0620 e. The number of aliphatic hydroxyl groups is 1. The molecule has 0 amide bonds. The Morgan fingerprint density at radius 2 is 2.14 bits per heavy atom. The summed E-state index contributed by atoms with van der Waals surface area (Å²) < 4.78 is 0. The third-order valence-corrected chi connectivity index (χ3v) is 1.16. The van der Waals surface area contributed by atoms with Gasteiger partial charge in [0.1, 0.15) is 0 Å². The third kappa shape index (κ3) is 2.85. The van der Waals surface area contributed by atoms with Crippen molar-refractivity contribution in [3.8, 4) is 0 Å². The molecular weight excluding hydrogens is 114 g/mol. The van der Waals surface area contributed by atoms with E-state index in [1.807, 2.05) is 0 Å². The van der Waals surface area contributed by atoms with Gasteiger partial charge in [0, 0.05) is 0 Å². The molecule has 0 rings (SSSR count). The van der Waals surface area contributed by atoms with Crippen LogP contribution in [0.25, 0.3) is 0 Å². The standard InChI is InChI=1S/C4H10ClNO/c1-4(2,3-7)6-5/h6-7H,3H2,1-2H3. The summed E-state index contributed by atoms with van der Waals surface area (Å²) in [5.74, 6) is 0. The molecule has 0 aliphatic heterocycles. The Labute approximate surface area is 48.6 Å². The minimum Gasteiger partial charge on any atom is -0.394 e. The van der Waals surface area contributed by atoms with Gasteiger partial charge in [-0.05, 0) is 25.6 Å². The molecule has 0 saturated carbocycles. The molecule has 0 fully saturated rings. The van der Waals surface area contributed by atoms with Gasteiger partial charge in [0.05, 0.1) is 12.1 Å². The Bertz CT molecular complexity index is 49.7. The highest BCUT2D eigenvalue weighted by molar-refractivity contribution is 6.13. The van der Waals surface area contributed by atoms with Crippen molar-refractivity contribution in [2.24, 2.45) is 0 Å². The maximum atomic E-state index is 8.45. The van der Waals surface area contributed by atoms with E-state index in [0.717, 1.165) is 0 Å².